The van der Waals surface area contributed by atoms with Crippen molar-refractivity contribution in [3.8, 4) is 5.69 Å². The van der Waals surface area contributed by atoms with Crippen LogP contribution in [-0.4, -0.2) is 39.5 Å². The Labute approximate surface area is 205 Å². The Bertz CT molecular complexity index is 1290. The Morgan fingerprint density at radius 3 is 2.34 bits per heavy atom. The van der Waals surface area contributed by atoms with Crippen molar-refractivity contribution in [3.63, 3.8) is 0 Å². The first kappa shape index (κ1) is 28.2. The molecule has 0 spiro atoms. The van der Waals surface area contributed by atoms with Gasteiger partial charge in [-0.15, -0.1) is 11.8 Å². The van der Waals surface area contributed by atoms with Crippen LogP contribution in [0.2, 0.25) is 5.02 Å². The summed E-state index contributed by atoms with van der Waals surface area (Å²) < 4.78 is 64.0. The summed E-state index contributed by atoms with van der Waals surface area (Å²) in [6.07, 6.45) is -4.98. The van der Waals surface area contributed by atoms with Gasteiger partial charge in [-0.1, -0.05) is 18.2 Å². The summed E-state index contributed by atoms with van der Waals surface area (Å²) in [6, 6.07) is 1.90. The van der Waals surface area contributed by atoms with Crippen LogP contribution in [-0.2, 0) is 32.3 Å². The molecule has 1 atom stereocenters. The number of benzene rings is 1. The maximum absolute atomic E-state index is 14.6. The lowest BCUT2D eigenvalue weighted by molar-refractivity contribution is -0.149. The van der Waals surface area contributed by atoms with E-state index in [1.165, 1.54) is 13.8 Å². The van der Waals surface area contributed by atoms with Gasteiger partial charge in [-0.25, -0.2) is 18.5 Å². The fourth-order valence-electron chi connectivity index (χ4n) is 2.66. The number of ether oxygens (including phenoxy) is 2. The third-order valence-corrected chi connectivity index (χ3v) is 5.96. The molecule has 35 heavy (non-hydrogen) atoms. The van der Waals surface area contributed by atoms with Gasteiger partial charge < -0.3 is 9.47 Å². The number of halogens is 5. The topological polar surface area (TPSA) is 96.6 Å². The lowest BCUT2D eigenvalue weighted by atomic mass is 10.3. The number of esters is 2. The summed E-state index contributed by atoms with van der Waals surface area (Å²) in [4.78, 5) is 48.3. The van der Waals surface area contributed by atoms with E-state index in [4.69, 9.17) is 21.1 Å². The van der Waals surface area contributed by atoms with Crippen molar-refractivity contribution in [2.75, 3.05) is 13.2 Å². The first-order chi connectivity index (χ1) is 16.1. The Morgan fingerprint density at radius 2 is 1.77 bits per heavy atom. The molecule has 0 radical (unpaired) electrons. The predicted molar refractivity (Wildman–Crippen MR) is 119 cm³/mol. The number of aromatic nitrogens is 2. The van der Waals surface area contributed by atoms with Crippen LogP contribution in [0.15, 0.2) is 44.8 Å². The molecule has 0 bridgehead atoms. The second-order valence-electron chi connectivity index (χ2n) is 7.12. The highest BCUT2D eigenvalue weighted by atomic mass is 35.5. The van der Waals surface area contributed by atoms with E-state index in [0.717, 1.165) is 30.9 Å². The van der Waals surface area contributed by atoms with Crippen LogP contribution in [0.3, 0.4) is 0 Å². The minimum atomic E-state index is -4.98. The Morgan fingerprint density at radius 1 is 1.17 bits per heavy atom. The molecule has 1 aromatic carbocycles. The zero-order valence-corrected chi connectivity index (χ0v) is 20.1. The average Bonchev–Trinajstić information content (AvgIpc) is 2.75. The number of hydrogen-bond donors (Lipinski definition) is 0. The molecule has 0 saturated carbocycles. The average molecular weight is 539 g/mol. The number of nitrogens with zero attached hydrogens (tertiary/aromatic N) is 2. The molecule has 0 aliphatic rings. The van der Waals surface area contributed by atoms with Crippen molar-refractivity contribution in [2.24, 2.45) is 7.05 Å². The van der Waals surface area contributed by atoms with Crippen molar-refractivity contribution < 1.29 is 36.6 Å². The van der Waals surface area contributed by atoms with E-state index in [0.29, 0.717) is 0 Å². The van der Waals surface area contributed by atoms with Gasteiger partial charge in [-0.2, -0.15) is 13.2 Å². The van der Waals surface area contributed by atoms with E-state index < -0.39 is 51.8 Å². The molecule has 2 aromatic rings. The van der Waals surface area contributed by atoms with Crippen LogP contribution in [0, 0.1) is 5.82 Å². The molecular formula is C21H19ClF4N2O6S. The van der Waals surface area contributed by atoms with Gasteiger partial charge >= 0.3 is 23.8 Å². The van der Waals surface area contributed by atoms with Gasteiger partial charge in [0, 0.05) is 23.6 Å². The Kier molecular flexibility index (Phi) is 8.95. The third-order valence-electron chi connectivity index (χ3n) is 4.40. The van der Waals surface area contributed by atoms with E-state index in [9.17, 15) is 36.7 Å². The fourth-order valence-corrected chi connectivity index (χ4v) is 3.84. The van der Waals surface area contributed by atoms with Crippen LogP contribution in [0.4, 0.5) is 17.6 Å². The van der Waals surface area contributed by atoms with Gasteiger partial charge in [0.05, 0.1) is 10.7 Å². The largest absolute Gasteiger partial charge is 0.461 e. The third kappa shape index (κ3) is 6.75. The maximum Gasteiger partial charge on any atom is 0.431 e. The standard InChI is InChI=1S/C21H19ClF4N2O6S/c1-10(2)18(30)33-5-6-34-19(31)11(3)35-15-8-14(13(23)7-12(15)22)28-17(29)9-16(21(24,25)26)27(4)20(28)32/h7-9,11H,1,5-6H2,2-4H3. The molecule has 1 heterocycles. The first-order valence-corrected chi connectivity index (χ1v) is 11.0. The highest BCUT2D eigenvalue weighted by molar-refractivity contribution is 8.00. The fraction of sp³-hybridized carbons (Fsp3) is 0.333. The lowest BCUT2D eigenvalue weighted by Gasteiger charge is -2.16. The summed E-state index contributed by atoms with van der Waals surface area (Å²) in [5.74, 6) is -2.54. The first-order valence-electron chi connectivity index (χ1n) is 9.70. The van der Waals surface area contributed by atoms with Crippen LogP contribution in [0.5, 0.6) is 0 Å². The number of thioether (sulfide) groups is 1. The SMILES string of the molecule is C=C(C)C(=O)OCCOC(=O)C(C)Sc1cc(-n2c(=O)cc(C(F)(F)F)n(C)c2=O)c(F)cc1Cl. The van der Waals surface area contributed by atoms with Crippen LogP contribution >= 0.6 is 23.4 Å². The van der Waals surface area contributed by atoms with Crippen LogP contribution in [0.25, 0.3) is 5.69 Å². The van der Waals surface area contributed by atoms with E-state index in [-0.39, 0.29) is 43.9 Å². The molecule has 8 nitrogen and oxygen atoms in total. The summed E-state index contributed by atoms with van der Waals surface area (Å²) >= 11 is 6.82. The predicted octanol–water partition coefficient (Wildman–Crippen LogP) is 3.49. The number of hydrogen-bond acceptors (Lipinski definition) is 7. The molecule has 0 aliphatic carbocycles. The van der Waals surface area contributed by atoms with E-state index in [1.54, 1.807) is 0 Å². The molecule has 14 heteroatoms. The zero-order valence-electron chi connectivity index (χ0n) is 18.6. The van der Waals surface area contributed by atoms with Crippen molar-refractivity contribution in [3.05, 3.63) is 67.7 Å². The van der Waals surface area contributed by atoms with E-state index in [1.807, 2.05) is 0 Å². The number of carbonyl (C=O) groups excluding carboxylic acids is 2. The van der Waals surface area contributed by atoms with Crippen LogP contribution in [0.1, 0.15) is 19.5 Å². The van der Waals surface area contributed by atoms with Gasteiger partial charge in [0.25, 0.3) is 5.56 Å². The molecule has 0 saturated heterocycles. The van der Waals surface area contributed by atoms with Crippen LogP contribution < -0.4 is 11.2 Å². The summed E-state index contributed by atoms with van der Waals surface area (Å²) in [5, 5.41) is -1.10. The molecule has 0 amide bonds. The normalized spacial score (nSPS) is 12.2. The van der Waals surface area contributed by atoms with Crippen molar-refractivity contribution >= 4 is 35.3 Å². The molecule has 0 N–H and O–H groups in total. The smallest absolute Gasteiger partial charge is 0.431 e. The van der Waals surface area contributed by atoms with Gasteiger partial charge in [0.15, 0.2) is 0 Å². The Balaban J connectivity index is 2.29. The van der Waals surface area contributed by atoms with Gasteiger partial charge in [0.2, 0.25) is 0 Å². The highest BCUT2D eigenvalue weighted by Crippen LogP contribution is 2.34. The van der Waals surface area contributed by atoms with E-state index in [2.05, 4.69) is 6.58 Å². The number of rotatable bonds is 8. The van der Waals surface area contributed by atoms with E-state index >= 15 is 0 Å². The Hall–Kier alpha value is -3.06. The maximum atomic E-state index is 14.6. The minimum absolute atomic E-state index is 0.0510. The quantitative estimate of drug-likeness (QED) is 0.167. The minimum Gasteiger partial charge on any atom is -0.461 e. The summed E-state index contributed by atoms with van der Waals surface area (Å²) in [7, 11) is 0.788. The second kappa shape index (κ2) is 11.1. The number of carbonyl (C=O) groups is 2. The lowest BCUT2D eigenvalue weighted by Crippen LogP contribution is -2.41. The number of alkyl halides is 3. The van der Waals surface area contributed by atoms with Gasteiger partial charge in [-0.3, -0.25) is 14.2 Å². The second-order valence-corrected chi connectivity index (χ2v) is 8.91. The summed E-state index contributed by atoms with van der Waals surface area (Å²) in [5.41, 5.74) is -4.82. The molecular weight excluding hydrogens is 520 g/mol. The molecule has 190 valence electrons. The van der Waals surface area contributed by atoms with Crippen molar-refractivity contribution in [2.45, 2.75) is 30.2 Å². The monoisotopic (exact) mass is 538 g/mol. The molecule has 0 aliphatic heterocycles. The van der Waals surface area contributed by atoms with Gasteiger partial charge in [-0.05, 0) is 26.0 Å². The molecule has 1 aromatic heterocycles. The van der Waals surface area contributed by atoms with Crippen molar-refractivity contribution in [1.82, 2.24) is 9.13 Å². The summed E-state index contributed by atoms with van der Waals surface area (Å²) in [6.45, 7) is 5.81. The molecule has 0 fully saturated rings. The van der Waals surface area contributed by atoms with Crippen molar-refractivity contribution in [1.29, 1.82) is 0 Å². The molecule has 1 unspecified atom stereocenters. The highest BCUT2D eigenvalue weighted by Gasteiger charge is 2.35. The van der Waals surface area contributed by atoms with Gasteiger partial charge in [0.1, 0.15) is 30.0 Å². The zero-order chi connectivity index (χ0) is 26.7. The molecule has 2 rings (SSSR count).